The highest BCUT2D eigenvalue weighted by Gasteiger charge is 2.19. The molecule has 2 aromatic carbocycles. The summed E-state index contributed by atoms with van der Waals surface area (Å²) in [7, 11) is 0. The molecule has 0 aromatic heterocycles. The van der Waals surface area contributed by atoms with Crippen LogP contribution < -0.4 is 0 Å². The summed E-state index contributed by atoms with van der Waals surface area (Å²) in [5.74, 6) is -0.780. The molecule has 0 aliphatic carbocycles. The molecule has 0 heterocycles. The lowest BCUT2D eigenvalue weighted by Gasteiger charge is -2.05. The Bertz CT molecular complexity index is 787. The lowest BCUT2D eigenvalue weighted by atomic mass is 10.2. The number of carbonyl (C=O) groups excluding carboxylic acids is 1. The predicted molar refractivity (Wildman–Crippen MR) is 84.6 cm³/mol. The molecule has 0 aliphatic heterocycles. The number of nitrogens with zero attached hydrogens (tertiary/aromatic N) is 2. The first kappa shape index (κ1) is 16.8. The maximum Gasteiger partial charge on any atom is 0.339 e. The fourth-order valence-electron chi connectivity index (χ4n) is 1.68. The zero-order chi connectivity index (χ0) is 16.8. The maximum absolute atomic E-state index is 11.7. The molecule has 0 radical (unpaired) electrons. The van der Waals surface area contributed by atoms with Crippen LogP contribution in [0.15, 0.2) is 52.3 Å². The highest BCUT2D eigenvalue weighted by molar-refractivity contribution is 7.99. The number of hydrogen-bond donors (Lipinski definition) is 0. The van der Waals surface area contributed by atoms with E-state index in [1.54, 1.807) is 30.3 Å². The number of hydrogen-bond acceptors (Lipinski definition) is 6. The largest absolute Gasteiger partial charge is 0.447 e. The Hall–Kier alpha value is -2.56. The number of rotatable bonds is 5. The third-order valence-electron chi connectivity index (χ3n) is 2.70. The summed E-state index contributed by atoms with van der Waals surface area (Å²) >= 11 is 6.99. The molecule has 2 aromatic rings. The Kier molecular flexibility index (Phi) is 5.57. The summed E-state index contributed by atoms with van der Waals surface area (Å²) in [5, 5.41) is 20.2. The van der Waals surface area contributed by atoms with Crippen LogP contribution in [0.1, 0.15) is 10.4 Å². The number of nitriles is 1. The van der Waals surface area contributed by atoms with Crippen LogP contribution in [-0.2, 0) is 4.74 Å². The Labute approximate surface area is 140 Å². The van der Waals surface area contributed by atoms with Crippen LogP contribution in [0, 0.1) is 21.4 Å². The van der Waals surface area contributed by atoms with Gasteiger partial charge in [-0.2, -0.15) is 5.26 Å². The third-order valence-corrected chi connectivity index (χ3v) is 4.03. The number of carbonyl (C=O) groups is 1. The van der Waals surface area contributed by atoms with Gasteiger partial charge in [-0.1, -0.05) is 23.4 Å². The number of ether oxygens (including phenoxy) is 1. The van der Waals surface area contributed by atoms with Gasteiger partial charge in [0.05, 0.1) is 15.4 Å². The van der Waals surface area contributed by atoms with E-state index in [0.29, 0.717) is 9.92 Å². The second-order valence-corrected chi connectivity index (χ2v) is 5.78. The Morgan fingerprint density at radius 1 is 1.30 bits per heavy atom. The Balaban J connectivity index is 2.29. The summed E-state index contributed by atoms with van der Waals surface area (Å²) < 4.78 is 4.64. The van der Waals surface area contributed by atoms with Crippen molar-refractivity contribution in [3.05, 3.63) is 63.2 Å². The maximum atomic E-state index is 11.7. The zero-order valence-corrected chi connectivity index (χ0v) is 13.1. The fraction of sp³-hybridized carbons (Fsp3) is 0.0667. The molecule has 0 aliphatic rings. The minimum atomic E-state index is -0.780. The summed E-state index contributed by atoms with van der Waals surface area (Å²) in [4.78, 5) is 23.5. The van der Waals surface area contributed by atoms with Gasteiger partial charge < -0.3 is 4.74 Å². The second-order valence-electron chi connectivity index (χ2n) is 4.23. The summed E-state index contributed by atoms with van der Waals surface area (Å²) in [5.41, 5.74) is -0.191. The van der Waals surface area contributed by atoms with Crippen molar-refractivity contribution in [1.82, 2.24) is 0 Å². The SMILES string of the molecule is N#CCOC(=O)c1ccc(Sc2ccc(Cl)cc2)c([N+](=O)[O-])c1. The van der Waals surface area contributed by atoms with Crippen molar-refractivity contribution in [3.8, 4) is 6.07 Å². The molecule has 8 heteroatoms. The van der Waals surface area contributed by atoms with Gasteiger partial charge in [-0.05, 0) is 36.4 Å². The molecule has 2 rings (SSSR count). The normalized spacial score (nSPS) is 9.91. The number of esters is 1. The molecule has 0 spiro atoms. The molecular weight excluding hydrogens is 340 g/mol. The summed E-state index contributed by atoms with van der Waals surface area (Å²) in [6.07, 6.45) is 0. The van der Waals surface area contributed by atoms with Crippen molar-refractivity contribution >= 4 is 35.0 Å². The van der Waals surface area contributed by atoms with Gasteiger partial charge in [0, 0.05) is 16.0 Å². The van der Waals surface area contributed by atoms with Gasteiger partial charge in [-0.3, -0.25) is 10.1 Å². The fourth-order valence-corrected chi connectivity index (χ4v) is 2.71. The van der Waals surface area contributed by atoms with E-state index in [9.17, 15) is 14.9 Å². The summed E-state index contributed by atoms with van der Waals surface area (Å²) in [6.45, 7) is -0.409. The number of benzene rings is 2. The lowest BCUT2D eigenvalue weighted by molar-refractivity contribution is -0.387. The third kappa shape index (κ3) is 4.45. The molecule has 0 saturated carbocycles. The molecule has 0 N–H and O–H groups in total. The number of halogens is 1. The van der Waals surface area contributed by atoms with Crippen LogP contribution in [0.5, 0.6) is 0 Å². The molecule has 0 fully saturated rings. The van der Waals surface area contributed by atoms with Gasteiger partial charge in [-0.15, -0.1) is 0 Å². The monoisotopic (exact) mass is 348 g/mol. The average molecular weight is 349 g/mol. The highest BCUT2D eigenvalue weighted by atomic mass is 35.5. The lowest BCUT2D eigenvalue weighted by Crippen LogP contribution is -2.06. The van der Waals surface area contributed by atoms with Crippen LogP contribution in [0.3, 0.4) is 0 Å². The van der Waals surface area contributed by atoms with E-state index < -0.39 is 17.5 Å². The number of nitro groups is 1. The van der Waals surface area contributed by atoms with Gasteiger partial charge in [0.1, 0.15) is 6.07 Å². The van der Waals surface area contributed by atoms with Gasteiger partial charge in [0.2, 0.25) is 0 Å². The molecule has 0 bridgehead atoms. The molecule has 6 nitrogen and oxygen atoms in total. The number of nitro benzene ring substituents is 1. The van der Waals surface area contributed by atoms with Crippen molar-refractivity contribution in [3.63, 3.8) is 0 Å². The van der Waals surface area contributed by atoms with Crippen molar-refractivity contribution < 1.29 is 14.5 Å². The molecule has 0 unspecified atom stereocenters. The molecular formula is C15H9ClN2O4S. The highest BCUT2D eigenvalue weighted by Crippen LogP contribution is 2.35. The van der Waals surface area contributed by atoms with Crippen LogP contribution >= 0.6 is 23.4 Å². The molecule has 0 saturated heterocycles. The van der Waals surface area contributed by atoms with E-state index >= 15 is 0 Å². The van der Waals surface area contributed by atoms with E-state index in [-0.39, 0.29) is 11.3 Å². The smallest absolute Gasteiger partial charge is 0.339 e. The van der Waals surface area contributed by atoms with Crippen LogP contribution in [0.2, 0.25) is 5.02 Å². The molecule has 116 valence electrons. The van der Waals surface area contributed by atoms with Crippen molar-refractivity contribution in [2.24, 2.45) is 0 Å². The minimum absolute atomic E-state index is 0.0207. The molecule has 0 amide bonds. The van der Waals surface area contributed by atoms with Crippen molar-refractivity contribution in [2.45, 2.75) is 9.79 Å². The second kappa shape index (κ2) is 7.63. The van der Waals surface area contributed by atoms with E-state index in [1.807, 2.05) is 0 Å². The Morgan fingerprint density at radius 3 is 2.61 bits per heavy atom. The summed E-state index contributed by atoms with van der Waals surface area (Å²) in [6, 6.07) is 12.5. The van der Waals surface area contributed by atoms with Gasteiger partial charge in [0.15, 0.2) is 6.61 Å². The van der Waals surface area contributed by atoms with Gasteiger partial charge >= 0.3 is 5.97 Å². The molecule has 23 heavy (non-hydrogen) atoms. The van der Waals surface area contributed by atoms with Crippen molar-refractivity contribution in [2.75, 3.05) is 6.61 Å². The van der Waals surface area contributed by atoms with E-state index in [0.717, 1.165) is 11.0 Å². The minimum Gasteiger partial charge on any atom is -0.447 e. The average Bonchev–Trinajstić information content (AvgIpc) is 2.54. The first-order valence-corrected chi connectivity index (χ1v) is 7.46. The van der Waals surface area contributed by atoms with Crippen LogP contribution in [0.25, 0.3) is 0 Å². The van der Waals surface area contributed by atoms with E-state index in [2.05, 4.69) is 4.74 Å². The predicted octanol–water partition coefficient (Wildman–Crippen LogP) is 4.08. The van der Waals surface area contributed by atoms with E-state index in [4.69, 9.17) is 16.9 Å². The molecule has 0 atom stereocenters. The standard InChI is InChI=1S/C15H9ClN2O4S/c16-11-2-4-12(5-3-11)23-14-6-1-10(9-13(14)18(20)21)15(19)22-8-7-17/h1-6,9H,8H2. The van der Waals surface area contributed by atoms with Crippen molar-refractivity contribution in [1.29, 1.82) is 5.26 Å². The van der Waals surface area contributed by atoms with Gasteiger partial charge in [-0.25, -0.2) is 4.79 Å². The van der Waals surface area contributed by atoms with Crippen LogP contribution in [0.4, 0.5) is 5.69 Å². The first-order chi connectivity index (χ1) is 11.0. The zero-order valence-electron chi connectivity index (χ0n) is 11.6. The topological polar surface area (TPSA) is 93.2 Å². The Morgan fingerprint density at radius 2 is 2.00 bits per heavy atom. The van der Waals surface area contributed by atoms with E-state index in [1.165, 1.54) is 23.9 Å². The first-order valence-electron chi connectivity index (χ1n) is 6.27. The van der Waals surface area contributed by atoms with Crippen LogP contribution in [-0.4, -0.2) is 17.5 Å². The van der Waals surface area contributed by atoms with Gasteiger partial charge in [0.25, 0.3) is 5.69 Å². The quantitative estimate of drug-likeness (QED) is 0.459.